The van der Waals surface area contributed by atoms with Gasteiger partial charge in [-0.15, -0.1) is 0 Å². The van der Waals surface area contributed by atoms with Crippen LogP contribution in [0.4, 0.5) is 0 Å². The predicted molar refractivity (Wildman–Crippen MR) is 48.2 cm³/mol. The Balaban J connectivity index is 2.03. The van der Waals surface area contributed by atoms with Crippen LogP contribution in [-0.4, -0.2) is 11.0 Å². The summed E-state index contributed by atoms with van der Waals surface area (Å²) < 4.78 is 0. The van der Waals surface area contributed by atoms with Crippen LogP contribution in [0.1, 0.15) is 32.1 Å². The van der Waals surface area contributed by atoms with E-state index in [0.29, 0.717) is 10.9 Å². The lowest BCUT2D eigenvalue weighted by atomic mass is 10.1. The van der Waals surface area contributed by atoms with E-state index in [2.05, 4.69) is 11.5 Å². The van der Waals surface area contributed by atoms with E-state index in [9.17, 15) is 0 Å². The minimum absolute atomic E-state index is 0.717. The predicted octanol–water partition coefficient (Wildman–Crippen LogP) is 2.46. The van der Waals surface area contributed by atoms with Gasteiger partial charge in [-0.25, -0.2) is 0 Å². The molecule has 2 aliphatic heterocycles. The van der Waals surface area contributed by atoms with Gasteiger partial charge in [0, 0.05) is 10.9 Å². The first-order chi connectivity index (χ1) is 4.97. The second kappa shape index (κ2) is 3.00. The van der Waals surface area contributed by atoms with Gasteiger partial charge in [0.25, 0.3) is 0 Å². The molecule has 0 N–H and O–H groups in total. The maximum absolute atomic E-state index is 2.49. The van der Waals surface area contributed by atoms with E-state index in [1.807, 2.05) is 0 Å². The van der Waals surface area contributed by atoms with Crippen LogP contribution in [0.25, 0.3) is 0 Å². The Morgan fingerprint density at radius 1 is 1.20 bits per heavy atom. The van der Waals surface area contributed by atoms with Gasteiger partial charge in [-0.3, -0.25) is 0 Å². The van der Waals surface area contributed by atoms with E-state index in [0.717, 1.165) is 5.25 Å². The highest BCUT2D eigenvalue weighted by Gasteiger charge is 2.32. The Bertz CT molecular complexity index is 140. The SMILES string of the molecule is C1=C[S+]2CCCCC2CC1. The summed E-state index contributed by atoms with van der Waals surface area (Å²) in [4.78, 5) is 0. The quantitative estimate of drug-likeness (QED) is 0.471. The molecule has 0 aromatic rings. The number of hydrogen-bond acceptors (Lipinski definition) is 0. The maximum Gasteiger partial charge on any atom is 0.123 e. The zero-order valence-electron chi connectivity index (χ0n) is 6.38. The van der Waals surface area contributed by atoms with E-state index >= 15 is 0 Å². The summed E-state index contributed by atoms with van der Waals surface area (Å²) in [5, 5.41) is 3.59. The molecule has 2 heterocycles. The largest absolute Gasteiger partial charge is 0.123 e. The normalized spacial score (nSPS) is 39.2. The van der Waals surface area contributed by atoms with Gasteiger partial charge >= 0.3 is 0 Å². The van der Waals surface area contributed by atoms with Crippen molar-refractivity contribution in [3.63, 3.8) is 0 Å². The first-order valence-corrected chi connectivity index (χ1v) is 5.84. The molecule has 0 aromatic carbocycles. The van der Waals surface area contributed by atoms with E-state index < -0.39 is 0 Å². The topological polar surface area (TPSA) is 0 Å². The zero-order valence-corrected chi connectivity index (χ0v) is 7.20. The van der Waals surface area contributed by atoms with Gasteiger partial charge in [0.05, 0.1) is 0 Å². The summed E-state index contributed by atoms with van der Waals surface area (Å²) in [6.07, 6.45) is 9.75. The fourth-order valence-electron chi connectivity index (χ4n) is 1.91. The lowest BCUT2D eigenvalue weighted by molar-refractivity contribution is 0.623. The van der Waals surface area contributed by atoms with Crippen LogP contribution in [0.2, 0.25) is 0 Å². The summed E-state index contributed by atoms with van der Waals surface area (Å²) in [7, 11) is 0.717. The van der Waals surface area contributed by atoms with Gasteiger partial charge in [-0.05, 0) is 38.2 Å². The number of hydrogen-bond donors (Lipinski definition) is 0. The standard InChI is InChI=1S/C9H15S/c1-3-7-10-8-4-2-6-9(10)5-1/h3,7,9H,1-2,4-6,8H2/q+1. The summed E-state index contributed by atoms with van der Waals surface area (Å²) in [5.41, 5.74) is 0. The number of allylic oxidation sites excluding steroid dienone is 1. The molecule has 0 aromatic heterocycles. The summed E-state index contributed by atoms with van der Waals surface area (Å²) in [6.45, 7) is 0. The third kappa shape index (κ3) is 1.24. The van der Waals surface area contributed by atoms with Crippen LogP contribution in [0, 0.1) is 0 Å². The monoisotopic (exact) mass is 155 g/mol. The molecule has 2 rings (SSSR count). The highest BCUT2D eigenvalue weighted by Crippen LogP contribution is 2.29. The van der Waals surface area contributed by atoms with Crippen LogP contribution >= 0.6 is 0 Å². The summed E-state index contributed by atoms with van der Waals surface area (Å²) in [6, 6.07) is 0. The Hall–Kier alpha value is 0.0900. The molecule has 56 valence electrons. The molecule has 2 atom stereocenters. The Kier molecular flexibility index (Phi) is 2.03. The lowest BCUT2D eigenvalue weighted by Crippen LogP contribution is -2.28. The molecule has 1 fully saturated rings. The molecule has 1 heteroatoms. The first-order valence-electron chi connectivity index (χ1n) is 4.32. The third-order valence-electron chi connectivity index (χ3n) is 2.51. The molecule has 0 bridgehead atoms. The smallest absolute Gasteiger partial charge is 0.0441 e. The highest BCUT2D eigenvalue weighted by molar-refractivity contribution is 8.00. The zero-order chi connectivity index (χ0) is 6.81. The van der Waals surface area contributed by atoms with Gasteiger partial charge < -0.3 is 0 Å². The Labute approximate surface area is 66.0 Å². The molecule has 2 unspecified atom stereocenters. The molecule has 0 nitrogen and oxygen atoms in total. The van der Waals surface area contributed by atoms with Crippen molar-refractivity contribution in [3.8, 4) is 0 Å². The van der Waals surface area contributed by atoms with Gasteiger partial charge in [0.2, 0.25) is 0 Å². The van der Waals surface area contributed by atoms with Crippen molar-refractivity contribution >= 4 is 10.9 Å². The average Bonchev–Trinajstić information content (AvgIpc) is 2.05. The molecule has 10 heavy (non-hydrogen) atoms. The molecular formula is C9H15S+. The minimum atomic E-state index is 0.717. The van der Waals surface area contributed by atoms with Crippen LogP contribution in [-0.2, 0) is 10.9 Å². The van der Waals surface area contributed by atoms with E-state index in [4.69, 9.17) is 0 Å². The number of rotatable bonds is 0. The van der Waals surface area contributed by atoms with E-state index in [1.165, 1.54) is 37.9 Å². The fourth-order valence-corrected chi connectivity index (χ4v) is 4.43. The van der Waals surface area contributed by atoms with Crippen molar-refractivity contribution in [3.05, 3.63) is 11.5 Å². The van der Waals surface area contributed by atoms with Crippen molar-refractivity contribution < 1.29 is 0 Å². The van der Waals surface area contributed by atoms with Crippen molar-refractivity contribution in [1.82, 2.24) is 0 Å². The van der Waals surface area contributed by atoms with Gasteiger partial charge in [0.1, 0.15) is 16.4 Å². The van der Waals surface area contributed by atoms with Gasteiger partial charge in [-0.1, -0.05) is 0 Å². The molecule has 0 radical (unpaired) electrons. The van der Waals surface area contributed by atoms with Crippen LogP contribution in [0.15, 0.2) is 11.5 Å². The van der Waals surface area contributed by atoms with E-state index in [1.54, 1.807) is 0 Å². The molecule has 0 aliphatic carbocycles. The van der Waals surface area contributed by atoms with E-state index in [-0.39, 0.29) is 0 Å². The third-order valence-corrected chi connectivity index (χ3v) is 5.14. The van der Waals surface area contributed by atoms with Crippen molar-refractivity contribution in [1.29, 1.82) is 0 Å². The van der Waals surface area contributed by atoms with Crippen LogP contribution in [0.3, 0.4) is 0 Å². The minimum Gasteiger partial charge on any atom is -0.0441 e. The van der Waals surface area contributed by atoms with Gasteiger partial charge in [0.15, 0.2) is 0 Å². The summed E-state index contributed by atoms with van der Waals surface area (Å²) >= 11 is 0. The second-order valence-corrected chi connectivity index (χ2v) is 5.53. The first kappa shape index (κ1) is 6.78. The molecular weight excluding hydrogens is 140 g/mol. The lowest BCUT2D eigenvalue weighted by Gasteiger charge is -2.23. The maximum atomic E-state index is 2.49. The Morgan fingerprint density at radius 3 is 3.10 bits per heavy atom. The summed E-state index contributed by atoms with van der Waals surface area (Å²) in [5.74, 6) is 1.50. The highest BCUT2D eigenvalue weighted by atomic mass is 32.2. The average molecular weight is 155 g/mol. The van der Waals surface area contributed by atoms with Gasteiger partial charge in [-0.2, -0.15) is 0 Å². The Morgan fingerprint density at radius 2 is 2.20 bits per heavy atom. The molecule has 2 aliphatic rings. The number of fused-ring (bicyclic) bond motifs is 1. The van der Waals surface area contributed by atoms with Crippen molar-refractivity contribution in [2.45, 2.75) is 37.4 Å². The molecule has 0 spiro atoms. The van der Waals surface area contributed by atoms with Crippen molar-refractivity contribution in [2.24, 2.45) is 0 Å². The molecule has 1 saturated heterocycles. The fraction of sp³-hybridized carbons (Fsp3) is 0.778. The van der Waals surface area contributed by atoms with Crippen LogP contribution in [0.5, 0.6) is 0 Å². The molecule has 0 amide bonds. The van der Waals surface area contributed by atoms with Crippen molar-refractivity contribution in [2.75, 3.05) is 5.75 Å². The second-order valence-electron chi connectivity index (χ2n) is 3.24. The molecule has 0 saturated carbocycles. The van der Waals surface area contributed by atoms with Crippen LogP contribution < -0.4 is 0 Å².